The quantitative estimate of drug-likeness (QED) is 0.848. The molecule has 1 unspecified atom stereocenters. The molecule has 0 heterocycles. The number of hydrogen-bond acceptors (Lipinski definition) is 2. The number of aliphatic hydroxyl groups is 1. The Morgan fingerprint density at radius 2 is 2.06 bits per heavy atom. The van der Waals surface area contributed by atoms with Crippen LogP contribution in [0.3, 0.4) is 0 Å². The Morgan fingerprint density at radius 1 is 1.39 bits per heavy atom. The van der Waals surface area contributed by atoms with E-state index in [1.807, 2.05) is 13.8 Å². The third-order valence-corrected chi connectivity index (χ3v) is 2.73. The molecular formula is C13H17F2NO2. The fraction of sp³-hybridized carbons (Fsp3) is 0.462. The van der Waals surface area contributed by atoms with Gasteiger partial charge in [0.15, 0.2) is 0 Å². The molecule has 0 radical (unpaired) electrons. The summed E-state index contributed by atoms with van der Waals surface area (Å²) >= 11 is 0. The molecule has 0 saturated heterocycles. The SMILES string of the molecule is CC(C)C(CCO)NC(=O)c1cc(F)ccc1F. The van der Waals surface area contributed by atoms with Crippen LogP contribution < -0.4 is 5.32 Å². The molecule has 3 nitrogen and oxygen atoms in total. The van der Waals surface area contributed by atoms with Gasteiger partial charge in [-0.25, -0.2) is 8.78 Å². The van der Waals surface area contributed by atoms with Gasteiger partial charge in [-0.3, -0.25) is 4.79 Å². The second-order valence-electron chi connectivity index (χ2n) is 4.46. The van der Waals surface area contributed by atoms with Crippen LogP contribution in [0.15, 0.2) is 18.2 Å². The van der Waals surface area contributed by atoms with Crippen molar-refractivity contribution in [2.24, 2.45) is 5.92 Å². The Bertz CT molecular complexity index is 421. The summed E-state index contributed by atoms with van der Waals surface area (Å²) in [6.45, 7) is 3.68. The molecule has 0 fully saturated rings. The molecule has 0 aliphatic rings. The first-order valence-corrected chi connectivity index (χ1v) is 5.82. The molecule has 1 rings (SSSR count). The molecule has 5 heteroatoms. The fourth-order valence-corrected chi connectivity index (χ4v) is 1.63. The van der Waals surface area contributed by atoms with Crippen LogP contribution in [0.4, 0.5) is 8.78 Å². The maximum absolute atomic E-state index is 13.4. The lowest BCUT2D eigenvalue weighted by Gasteiger charge is -2.21. The summed E-state index contributed by atoms with van der Waals surface area (Å²) in [7, 11) is 0. The third kappa shape index (κ3) is 3.77. The minimum Gasteiger partial charge on any atom is -0.396 e. The Hall–Kier alpha value is -1.49. The van der Waals surface area contributed by atoms with Gasteiger partial charge in [-0.1, -0.05) is 13.8 Å². The minimum absolute atomic E-state index is 0.0746. The third-order valence-electron chi connectivity index (χ3n) is 2.73. The zero-order chi connectivity index (χ0) is 13.7. The zero-order valence-electron chi connectivity index (χ0n) is 10.4. The van der Waals surface area contributed by atoms with Crippen LogP contribution in [-0.2, 0) is 0 Å². The second-order valence-corrected chi connectivity index (χ2v) is 4.46. The maximum Gasteiger partial charge on any atom is 0.254 e. The van der Waals surface area contributed by atoms with E-state index in [1.165, 1.54) is 0 Å². The Morgan fingerprint density at radius 3 is 2.61 bits per heavy atom. The highest BCUT2D eigenvalue weighted by atomic mass is 19.1. The van der Waals surface area contributed by atoms with Crippen molar-refractivity contribution in [3.05, 3.63) is 35.4 Å². The normalized spacial score (nSPS) is 12.6. The van der Waals surface area contributed by atoms with E-state index in [4.69, 9.17) is 5.11 Å². The molecule has 1 aromatic rings. The predicted octanol–water partition coefficient (Wildman–Crippen LogP) is 2.10. The molecule has 0 aliphatic heterocycles. The van der Waals surface area contributed by atoms with Gasteiger partial charge in [-0.15, -0.1) is 0 Å². The molecule has 1 amide bonds. The smallest absolute Gasteiger partial charge is 0.254 e. The van der Waals surface area contributed by atoms with Crippen molar-refractivity contribution in [3.8, 4) is 0 Å². The van der Waals surface area contributed by atoms with Gasteiger partial charge in [-0.05, 0) is 30.5 Å². The first-order valence-electron chi connectivity index (χ1n) is 5.82. The highest BCUT2D eigenvalue weighted by Crippen LogP contribution is 2.12. The minimum atomic E-state index is -0.764. The van der Waals surface area contributed by atoms with Crippen molar-refractivity contribution in [2.45, 2.75) is 26.3 Å². The van der Waals surface area contributed by atoms with Crippen molar-refractivity contribution in [1.29, 1.82) is 0 Å². The Kier molecular flexibility index (Phi) is 5.22. The van der Waals surface area contributed by atoms with Crippen LogP contribution in [0.25, 0.3) is 0 Å². The van der Waals surface area contributed by atoms with E-state index in [0.717, 1.165) is 18.2 Å². The van der Waals surface area contributed by atoms with Crippen LogP contribution >= 0.6 is 0 Å². The summed E-state index contributed by atoms with van der Waals surface area (Å²) in [5.41, 5.74) is -0.321. The molecule has 0 spiro atoms. The number of halogens is 2. The summed E-state index contributed by atoms with van der Waals surface area (Å²) in [5, 5.41) is 11.5. The Balaban J connectivity index is 2.83. The van der Waals surface area contributed by atoms with Gasteiger partial charge in [0.2, 0.25) is 0 Å². The summed E-state index contributed by atoms with van der Waals surface area (Å²) in [6, 6.07) is 2.46. The monoisotopic (exact) mass is 257 g/mol. The topological polar surface area (TPSA) is 49.3 Å². The number of carbonyl (C=O) groups excluding carboxylic acids is 1. The van der Waals surface area contributed by atoms with Crippen molar-refractivity contribution >= 4 is 5.91 Å². The second kappa shape index (κ2) is 6.44. The molecule has 0 saturated carbocycles. The summed E-state index contributed by atoms with van der Waals surface area (Å²) in [4.78, 5) is 11.8. The van der Waals surface area contributed by atoms with Crippen molar-refractivity contribution in [3.63, 3.8) is 0 Å². The lowest BCUT2D eigenvalue weighted by Crippen LogP contribution is -2.39. The van der Waals surface area contributed by atoms with E-state index in [2.05, 4.69) is 5.32 Å². The largest absolute Gasteiger partial charge is 0.396 e. The van der Waals surface area contributed by atoms with E-state index in [9.17, 15) is 13.6 Å². The van der Waals surface area contributed by atoms with Crippen LogP contribution in [0, 0.1) is 17.6 Å². The van der Waals surface area contributed by atoms with Crippen LogP contribution in [0.5, 0.6) is 0 Å². The van der Waals surface area contributed by atoms with Gasteiger partial charge < -0.3 is 10.4 Å². The molecule has 2 N–H and O–H groups in total. The van der Waals surface area contributed by atoms with Gasteiger partial charge in [0.1, 0.15) is 11.6 Å². The molecule has 0 aliphatic carbocycles. The number of amides is 1. The van der Waals surface area contributed by atoms with Crippen LogP contribution in [0.1, 0.15) is 30.6 Å². The highest BCUT2D eigenvalue weighted by molar-refractivity contribution is 5.94. The van der Waals surface area contributed by atoms with Crippen molar-refractivity contribution in [1.82, 2.24) is 5.32 Å². The Labute approximate surface area is 105 Å². The maximum atomic E-state index is 13.4. The number of rotatable bonds is 5. The lowest BCUT2D eigenvalue weighted by molar-refractivity contribution is 0.0912. The molecule has 0 aromatic heterocycles. The van der Waals surface area contributed by atoms with Crippen LogP contribution in [-0.4, -0.2) is 23.7 Å². The van der Waals surface area contributed by atoms with Crippen molar-refractivity contribution < 1.29 is 18.7 Å². The van der Waals surface area contributed by atoms with Crippen molar-refractivity contribution in [2.75, 3.05) is 6.61 Å². The summed E-state index contributed by atoms with van der Waals surface area (Å²) in [6.07, 6.45) is 0.375. The molecular weight excluding hydrogens is 240 g/mol. The number of hydrogen-bond donors (Lipinski definition) is 2. The first-order chi connectivity index (χ1) is 8.45. The van der Waals surface area contributed by atoms with Gasteiger partial charge in [0.05, 0.1) is 5.56 Å². The number of nitrogens with one attached hydrogen (secondary N) is 1. The zero-order valence-corrected chi connectivity index (χ0v) is 10.4. The molecule has 100 valence electrons. The average Bonchev–Trinajstić information content (AvgIpc) is 2.31. The van der Waals surface area contributed by atoms with E-state index in [1.54, 1.807) is 0 Å². The first kappa shape index (κ1) is 14.6. The molecule has 18 heavy (non-hydrogen) atoms. The van der Waals surface area contributed by atoms with E-state index >= 15 is 0 Å². The predicted molar refractivity (Wildman–Crippen MR) is 64.2 cm³/mol. The van der Waals surface area contributed by atoms with Gasteiger partial charge in [0, 0.05) is 12.6 Å². The lowest BCUT2D eigenvalue weighted by atomic mass is 10.0. The number of benzene rings is 1. The number of aliphatic hydroxyl groups excluding tert-OH is 1. The summed E-state index contributed by atoms with van der Waals surface area (Å²) < 4.78 is 26.3. The molecule has 1 aromatic carbocycles. The van der Waals surface area contributed by atoms with Gasteiger partial charge in [-0.2, -0.15) is 0 Å². The standard InChI is InChI=1S/C13H17F2NO2/c1-8(2)12(5-6-17)16-13(18)10-7-9(14)3-4-11(10)15/h3-4,7-8,12,17H,5-6H2,1-2H3,(H,16,18). The van der Waals surface area contributed by atoms with Crippen LogP contribution in [0.2, 0.25) is 0 Å². The highest BCUT2D eigenvalue weighted by Gasteiger charge is 2.19. The number of carbonyl (C=O) groups is 1. The van der Waals surface area contributed by atoms with E-state index < -0.39 is 17.5 Å². The van der Waals surface area contributed by atoms with E-state index in [-0.39, 0.29) is 24.1 Å². The molecule has 0 bridgehead atoms. The van der Waals surface area contributed by atoms with E-state index in [0.29, 0.717) is 6.42 Å². The summed E-state index contributed by atoms with van der Waals surface area (Å²) in [5.74, 6) is -2.00. The van der Waals surface area contributed by atoms with Gasteiger partial charge in [0.25, 0.3) is 5.91 Å². The fourth-order valence-electron chi connectivity index (χ4n) is 1.63. The average molecular weight is 257 g/mol. The van der Waals surface area contributed by atoms with Gasteiger partial charge >= 0.3 is 0 Å². The molecule has 1 atom stereocenters.